The van der Waals surface area contributed by atoms with Gasteiger partial charge in [0.15, 0.2) is 11.6 Å². The third-order valence-corrected chi connectivity index (χ3v) is 2.64. The molecule has 0 bridgehead atoms. The van der Waals surface area contributed by atoms with Crippen molar-refractivity contribution in [3.63, 3.8) is 0 Å². The number of hydrogen-bond donors (Lipinski definition) is 2. The molecule has 0 atom stereocenters. The zero-order chi connectivity index (χ0) is 13.7. The largest absolute Gasteiger partial charge is 0.491 e. The monoisotopic (exact) mass is 261 g/mol. The van der Waals surface area contributed by atoms with Crippen LogP contribution < -0.4 is 15.8 Å². The van der Waals surface area contributed by atoms with Gasteiger partial charge in [-0.2, -0.15) is 0 Å². The van der Waals surface area contributed by atoms with Crippen LogP contribution in [0.25, 0.3) is 0 Å². The Morgan fingerprint density at radius 1 is 1.32 bits per heavy atom. The van der Waals surface area contributed by atoms with Crippen molar-refractivity contribution in [2.24, 2.45) is 0 Å². The number of ether oxygens (including phenoxy) is 1. The molecule has 1 aromatic heterocycles. The molecule has 0 unspecified atom stereocenters. The molecule has 4 nitrogen and oxygen atoms in total. The summed E-state index contributed by atoms with van der Waals surface area (Å²) in [6.45, 7) is 2.80. The quantitative estimate of drug-likeness (QED) is 0.812. The van der Waals surface area contributed by atoms with Gasteiger partial charge in [-0.05, 0) is 24.6 Å². The number of halogens is 1. The van der Waals surface area contributed by atoms with E-state index < -0.39 is 5.82 Å². The number of nitrogens with one attached hydrogen (secondary N) is 1. The second kappa shape index (κ2) is 6.04. The van der Waals surface area contributed by atoms with Crippen molar-refractivity contribution in [3.05, 3.63) is 48.0 Å². The van der Waals surface area contributed by atoms with E-state index >= 15 is 0 Å². The van der Waals surface area contributed by atoms with Crippen LogP contribution in [0.2, 0.25) is 0 Å². The molecule has 3 N–H and O–H groups in total. The number of aromatic nitrogens is 1. The summed E-state index contributed by atoms with van der Waals surface area (Å²) in [6.07, 6.45) is 3.44. The van der Waals surface area contributed by atoms with Gasteiger partial charge in [0.1, 0.15) is 0 Å². The normalized spacial score (nSPS) is 10.2. The van der Waals surface area contributed by atoms with Gasteiger partial charge < -0.3 is 15.8 Å². The van der Waals surface area contributed by atoms with E-state index in [1.807, 2.05) is 12.1 Å². The Hall–Kier alpha value is -2.30. The molecule has 0 aliphatic rings. The molecular weight excluding hydrogens is 245 g/mol. The Morgan fingerprint density at radius 3 is 2.74 bits per heavy atom. The van der Waals surface area contributed by atoms with Crippen LogP contribution in [-0.4, -0.2) is 11.6 Å². The van der Waals surface area contributed by atoms with Crippen LogP contribution in [0.4, 0.5) is 15.8 Å². The first-order valence-electron chi connectivity index (χ1n) is 6.05. The van der Waals surface area contributed by atoms with E-state index in [4.69, 9.17) is 10.5 Å². The lowest BCUT2D eigenvalue weighted by molar-refractivity contribution is 0.322. The lowest BCUT2D eigenvalue weighted by Crippen LogP contribution is -2.04. The number of pyridine rings is 1. The third kappa shape index (κ3) is 3.34. The molecule has 0 aliphatic heterocycles. The molecule has 19 heavy (non-hydrogen) atoms. The van der Waals surface area contributed by atoms with E-state index in [9.17, 15) is 4.39 Å². The molecule has 0 radical (unpaired) electrons. The van der Waals surface area contributed by atoms with E-state index in [-0.39, 0.29) is 5.75 Å². The van der Waals surface area contributed by atoms with E-state index in [2.05, 4.69) is 10.3 Å². The molecule has 0 spiro atoms. The lowest BCUT2D eigenvalue weighted by Gasteiger charge is -2.12. The van der Waals surface area contributed by atoms with Crippen molar-refractivity contribution in [1.29, 1.82) is 0 Å². The van der Waals surface area contributed by atoms with Crippen LogP contribution in [0.15, 0.2) is 36.7 Å². The number of nitrogens with zero attached hydrogens (tertiary/aromatic N) is 1. The van der Waals surface area contributed by atoms with Crippen LogP contribution in [-0.2, 0) is 6.54 Å². The molecular formula is C14H16FN3O. The van der Waals surface area contributed by atoms with Crippen molar-refractivity contribution < 1.29 is 9.13 Å². The Labute approximate surface area is 111 Å². The first-order chi connectivity index (χ1) is 9.20. The van der Waals surface area contributed by atoms with Gasteiger partial charge >= 0.3 is 0 Å². The Kier molecular flexibility index (Phi) is 4.18. The highest BCUT2D eigenvalue weighted by atomic mass is 19.1. The molecule has 0 saturated carbocycles. The fraction of sp³-hybridized carbons (Fsp3) is 0.214. The molecule has 1 heterocycles. The molecule has 0 amide bonds. The molecule has 0 saturated heterocycles. The average Bonchev–Trinajstić information content (AvgIpc) is 2.42. The van der Waals surface area contributed by atoms with E-state index in [1.54, 1.807) is 25.4 Å². The van der Waals surface area contributed by atoms with Crippen molar-refractivity contribution in [2.75, 3.05) is 17.7 Å². The molecule has 2 aromatic rings. The SMILES string of the molecule is CCOc1cc(NCc2ccncc2)c(N)cc1F. The van der Waals surface area contributed by atoms with Gasteiger partial charge in [0, 0.05) is 31.1 Å². The van der Waals surface area contributed by atoms with E-state index in [1.165, 1.54) is 6.07 Å². The maximum absolute atomic E-state index is 13.5. The number of rotatable bonds is 5. The summed E-state index contributed by atoms with van der Waals surface area (Å²) in [4.78, 5) is 3.95. The molecule has 0 fully saturated rings. The smallest absolute Gasteiger partial charge is 0.167 e. The number of benzene rings is 1. The minimum Gasteiger partial charge on any atom is -0.491 e. The number of nitrogens with two attached hydrogens (primary N) is 1. The van der Waals surface area contributed by atoms with Gasteiger partial charge in [0.05, 0.1) is 18.0 Å². The zero-order valence-corrected chi connectivity index (χ0v) is 10.7. The number of hydrogen-bond acceptors (Lipinski definition) is 4. The fourth-order valence-electron chi connectivity index (χ4n) is 1.69. The topological polar surface area (TPSA) is 60.2 Å². The van der Waals surface area contributed by atoms with Crippen molar-refractivity contribution in [3.8, 4) is 5.75 Å². The summed E-state index contributed by atoms with van der Waals surface area (Å²) in [7, 11) is 0. The summed E-state index contributed by atoms with van der Waals surface area (Å²) >= 11 is 0. The Morgan fingerprint density at radius 2 is 2.05 bits per heavy atom. The molecule has 0 aliphatic carbocycles. The molecule has 5 heteroatoms. The first-order valence-corrected chi connectivity index (χ1v) is 6.05. The fourth-order valence-corrected chi connectivity index (χ4v) is 1.69. The predicted molar refractivity (Wildman–Crippen MR) is 73.5 cm³/mol. The van der Waals surface area contributed by atoms with Gasteiger partial charge in [-0.1, -0.05) is 0 Å². The van der Waals surface area contributed by atoms with Crippen LogP contribution >= 0.6 is 0 Å². The maximum atomic E-state index is 13.5. The summed E-state index contributed by atoms with van der Waals surface area (Å²) in [6, 6.07) is 6.64. The van der Waals surface area contributed by atoms with E-state index in [0.29, 0.717) is 24.5 Å². The summed E-state index contributed by atoms with van der Waals surface area (Å²) in [5.74, 6) is -0.247. The maximum Gasteiger partial charge on any atom is 0.167 e. The highest BCUT2D eigenvalue weighted by molar-refractivity contribution is 5.68. The second-order valence-corrected chi connectivity index (χ2v) is 4.01. The minimum atomic E-state index is -0.450. The summed E-state index contributed by atoms with van der Waals surface area (Å²) in [5, 5.41) is 3.16. The molecule has 100 valence electrons. The van der Waals surface area contributed by atoms with Gasteiger partial charge in [-0.15, -0.1) is 0 Å². The second-order valence-electron chi connectivity index (χ2n) is 4.01. The third-order valence-electron chi connectivity index (χ3n) is 2.64. The van der Waals surface area contributed by atoms with Crippen molar-refractivity contribution >= 4 is 11.4 Å². The highest BCUT2D eigenvalue weighted by Gasteiger charge is 2.08. The lowest BCUT2D eigenvalue weighted by atomic mass is 10.2. The van der Waals surface area contributed by atoms with Crippen molar-refractivity contribution in [2.45, 2.75) is 13.5 Å². The average molecular weight is 261 g/mol. The number of anilines is 2. The van der Waals surface area contributed by atoms with Crippen molar-refractivity contribution in [1.82, 2.24) is 4.98 Å². The van der Waals surface area contributed by atoms with Crippen LogP contribution in [0, 0.1) is 5.82 Å². The Balaban J connectivity index is 2.13. The highest BCUT2D eigenvalue weighted by Crippen LogP contribution is 2.28. The van der Waals surface area contributed by atoms with Crippen LogP contribution in [0.1, 0.15) is 12.5 Å². The van der Waals surface area contributed by atoms with Crippen LogP contribution in [0.5, 0.6) is 5.75 Å². The standard InChI is InChI=1S/C14H16FN3O/c1-2-19-14-8-13(12(16)7-11(14)15)18-9-10-3-5-17-6-4-10/h3-8,18H,2,9,16H2,1H3. The zero-order valence-electron chi connectivity index (χ0n) is 10.7. The van der Waals surface area contributed by atoms with Crippen LogP contribution in [0.3, 0.4) is 0 Å². The Bertz CT molecular complexity index is 546. The van der Waals surface area contributed by atoms with Gasteiger partial charge in [-0.3, -0.25) is 4.98 Å². The molecule has 2 rings (SSSR count). The van der Waals surface area contributed by atoms with Gasteiger partial charge in [0.25, 0.3) is 0 Å². The number of nitrogen functional groups attached to an aromatic ring is 1. The van der Waals surface area contributed by atoms with Gasteiger partial charge in [-0.25, -0.2) is 4.39 Å². The van der Waals surface area contributed by atoms with E-state index in [0.717, 1.165) is 5.56 Å². The van der Waals surface area contributed by atoms with Gasteiger partial charge in [0.2, 0.25) is 0 Å². The molecule has 1 aromatic carbocycles. The first kappa shape index (κ1) is 13.1. The summed E-state index contributed by atoms with van der Waals surface area (Å²) < 4.78 is 18.7. The minimum absolute atomic E-state index is 0.203. The predicted octanol–water partition coefficient (Wildman–Crippen LogP) is 2.81. The summed E-state index contributed by atoms with van der Waals surface area (Å²) in [5.41, 5.74) is 7.86.